The standard InChI is InChI=1S/C15H21N3O4/c1-2-16-10-11-5-7-17(8-6-11)15(20)12-3-4-13(18(21)22)14(19)9-12/h3-4,9,11,16,19H,2,5-8,10H2,1H3. The van der Waals surface area contributed by atoms with E-state index in [0.29, 0.717) is 19.0 Å². The normalized spacial score (nSPS) is 15.8. The lowest BCUT2D eigenvalue weighted by molar-refractivity contribution is -0.385. The molecule has 0 saturated carbocycles. The first kappa shape index (κ1) is 16.2. The van der Waals surface area contributed by atoms with E-state index in [1.165, 1.54) is 18.2 Å². The molecule has 1 saturated heterocycles. The first-order valence-corrected chi connectivity index (χ1v) is 7.50. The molecule has 1 aromatic carbocycles. The molecule has 120 valence electrons. The smallest absolute Gasteiger partial charge is 0.310 e. The molecule has 0 spiro atoms. The van der Waals surface area contributed by atoms with E-state index in [4.69, 9.17) is 0 Å². The summed E-state index contributed by atoms with van der Waals surface area (Å²) in [5.41, 5.74) is -0.103. The maximum atomic E-state index is 12.4. The molecule has 1 amide bonds. The lowest BCUT2D eigenvalue weighted by atomic mass is 9.96. The highest BCUT2D eigenvalue weighted by molar-refractivity contribution is 5.95. The molecular weight excluding hydrogens is 286 g/mol. The highest BCUT2D eigenvalue weighted by Crippen LogP contribution is 2.27. The predicted molar refractivity (Wildman–Crippen MR) is 81.9 cm³/mol. The number of hydrogen-bond donors (Lipinski definition) is 2. The van der Waals surface area contributed by atoms with E-state index in [0.717, 1.165) is 25.9 Å². The van der Waals surface area contributed by atoms with Crippen molar-refractivity contribution >= 4 is 11.6 Å². The maximum absolute atomic E-state index is 12.4. The Hall–Kier alpha value is -2.15. The zero-order chi connectivity index (χ0) is 16.1. The van der Waals surface area contributed by atoms with Crippen molar-refractivity contribution < 1.29 is 14.8 Å². The van der Waals surface area contributed by atoms with Crippen LogP contribution in [0.1, 0.15) is 30.1 Å². The molecule has 0 radical (unpaired) electrons. The Labute approximate surface area is 129 Å². The summed E-state index contributed by atoms with van der Waals surface area (Å²) in [6, 6.07) is 3.73. The van der Waals surface area contributed by atoms with E-state index in [9.17, 15) is 20.0 Å². The SMILES string of the molecule is CCNCC1CCN(C(=O)c2ccc([N+](=O)[O-])c(O)c2)CC1. The molecule has 7 heteroatoms. The van der Waals surface area contributed by atoms with Crippen LogP contribution in [0.3, 0.4) is 0 Å². The second-order valence-electron chi connectivity index (χ2n) is 5.50. The lowest BCUT2D eigenvalue weighted by Gasteiger charge is -2.32. The van der Waals surface area contributed by atoms with Crippen molar-refractivity contribution in [3.8, 4) is 5.75 Å². The van der Waals surface area contributed by atoms with Crippen molar-refractivity contribution in [3.63, 3.8) is 0 Å². The highest BCUT2D eigenvalue weighted by atomic mass is 16.6. The number of benzene rings is 1. The van der Waals surface area contributed by atoms with Gasteiger partial charge in [-0.05, 0) is 44.0 Å². The van der Waals surface area contributed by atoms with E-state index >= 15 is 0 Å². The predicted octanol–water partition coefficient (Wildman–Crippen LogP) is 1.76. The summed E-state index contributed by atoms with van der Waals surface area (Å²) >= 11 is 0. The van der Waals surface area contributed by atoms with Gasteiger partial charge in [0, 0.05) is 24.7 Å². The monoisotopic (exact) mass is 307 g/mol. The number of carbonyl (C=O) groups is 1. The molecule has 0 aliphatic carbocycles. The van der Waals surface area contributed by atoms with Crippen LogP contribution in [-0.2, 0) is 0 Å². The van der Waals surface area contributed by atoms with Crippen LogP contribution in [0.4, 0.5) is 5.69 Å². The number of likely N-dealkylation sites (tertiary alicyclic amines) is 1. The average molecular weight is 307 g/mol. The minimum Gasteiger partial charge on any atom is -0.502 e. The largest absolute Gasteiger partial charge is 0.502 e. The van der Waals surface area contributed by atoms with Crippen LogP contribution in [0.15, 0.2) is 18.2 Å². The first-order chi connectivity index (χ1) is 10.5. The second-order valence-corrected chi connectivity index (χ2v) is 5.50. The van der Waals surface area contributed by atoms with Crippen molar-refractivity contribution in [3.05, 3.63) is 33.9 Å². The number of phenols is 1. The number of amides is 1. The molecule has 0 atom stereocenters. The molecule has 1 aromatic rings. The van der Waals surface area contributed by atoms with E-state index in [1.54, 1.807) is 4.90 Å². The number of rotatable bonds is 5. The van der Waals surface area contributed by atoms with Crippen LogP contribution in [0.25, 0.3) is 0 Å². The van der Waals surface area contributed by atoms with Crippen LogP contribution < -0.4 is 5.32 Å². The third-order valence-electron chi connectivity index (χ3n) is 4.00. The minimum atomic E-state index is -0.671. The number of phenolic OH excluding ortho intramolecular Hbond substituents is 1. The molecule has 7 nitrogen and oxygen atoms in total. The van der Waals surface area contributed by atoms with E-state index in [1.807, 2.05) is 0 Å². The van der Waals surface area contributed by atoms with Crippen LogP contribution in [0.2, 0.25) is 0 Å². The zero-order valence-corrected chi connectivity index (χ0v) is 12.6. The lowest BCUT2D eigenvalue weighted by Crippen LogP contribution is -2.40. The second kappa shape index (κ2) is 7.22. The summed E-state index contributed by atoms with van der Waals surface area (Å²) in [7, 11) is 0. The molecule has 1 heterocycles. The van der Waals surface area contributed by atoms with Crippen LogP contribution in [-0.4, -0.2) is 47.0 Å². The van der Waals surface area contributed by atoms with Crippen molar-refractivity contribution in [2.75, 3.05) is 26.2 Å². The van der Waals surface area contributed by atoms with Gasteiger partial charge in [-0.1, -0.05) is 6.92 Å². The molecule has 0 bridgehead atoms. The molecule has 0 aromatic heterocycles. The van der Waals surface area contributed by atoms with E-state index < -0.39 is 10.7 Å². The van der Waals surface area contributed by atoms with Gasteiger partial charge in [0.1, 0.15) is 0 Å². The van der Waals surface area contributed by atoms with E-state index in [-0.39, 0.29) is 17.2 Å². The minimum absolute atomic E-state index is 0.188. The Kier molecular flexibility index (Phi) is 5.32. The Morgan fingerprint density at radius 3 is 2.68 bits per heavy atom. The van der Waals surface area contributed by atoms with Crippen LogP contribution in [0.5, 0.6) is 5.75 Å². The molecule has 2 N–H and O–H groups in total. The van der Waals surface area contributed by atoms with Gasteiger partial charge < -0.3 is 15.3 Å². The van der Waals surface area contributed by atoms with Crippen molar-refractivity contribution in [1.29, 1.82) is 0 Å². The number of nitrogens with one attached hydrogen (secondary N) is 1. The van der Waals surface area contributed by atoms with E-state index in [2.05, 4.69) is 12.2 Å². The summed E-state index contributed by atoms with van der Waals surface area (Å²) in [6.07, 6.45) is 1.88. The number of hydrogen-bond acceptors (Lipinski definition) is 5. The summed E-state index contributed by atoms with van der Waals surface area (Å²) < 4.78 is 0. The third kappa shape index (κ3) is 3.73. The Balaban J connectivity index is 1.98. The van der Waals surface area contributed by atoms with Gasteiger partial charge in [0.05, 0.1) is 4.92 Å². The number of aromatic hydroxyl groups is 1. The maximum Gasteiger partial charge on any atom is 0.310 e. The topological polar surface area (TPSA) is 95.7 Å². The zero-order valence-electron chi connectivity index (χ0n) is 12.6. The fourth-order valence-corrected chi connectivity index (χ4v) is 2.68. The highest BCUT2D eigenvalue weighted by Gasteiger charge is 2.24. The molecule has 22 heavy (non-hydrogen) atoms. The quantitative estimate of drug-likeness (QED) is 0.638. The van der Waals surface area contributed by atoms with Crippen LogP contribution >= 0.6 is 0 Å². The number of nitrogens with zero attached hydrogens (tertiary/aromatic N) is 2. The van der Waals surface area contributed by atoms with Crippen molar-refractivity contribution in [2.24, 2.45) is 5.92 Å². The summed E-state index contributed by atoms with van der Waals surface area (Å²) in [5.74, 6) is -0.0840. The van der Waals surface area contributed by atoms with Gasteiger partial charge in [-0.3, -0.25) is 14.9 Å². The fraction of sp³-hybridized carbons (Fsp3) is 0.533. The Morgan fingerprint density at radius 2 is 2.14 bits per heavy atom. The van der Waals surface area contributed by atoms with Gasteiger partial charge in [0.25, 0.3) is 5.91 Å². The Morgan fingerprint density at radius 1 is 1.45 bits per heavy atom. The van der Waals surface area contributed by atoms with Crippen molar-refractivity contribution in [2.45, 2.75) is 19.8 Å². The van der Waals surface area contributed by atoms with Gasteiger partial charge >= 0.3 is 5.69 Å². The molecule has 1 aliphatic rings. The molecule has 1 fully saturated rings. The number of carbonyl (C=O) groups excluding carboxylic acids is 1. The molecular formula is C15H21N3O4. The number of nitro groups is 1. The van der Waals surface area contributed by atoms with Gasteiger partial charge in [0.2, 0.25) is 0 Å². The number of nitro benzene ring substituents is 1. The van der Waals surface area contributed by atoms with Crippen molar-refractivity contribution in [1.82, 2.24) is 10.2 Å². The summed E-state index contributed by atoms with van der Waals surface area (Å²) in [6.45, 7) is 5.33. The first-order valence-electron chi connectivity index (χ1n) is 7.50. The average Bonchev–Trinajstić information content (AvgIpc) is 2.52. The third-order valence-corrected chi connectivity index (χ3v) is 4.00. The fourth-order valence-electron chi connectivity index (χ4n) is 2.68. The van der Waals surface area contributed by atoms with Gasteiger partial charge in [0.15, 0.2) is 5.75 Å². The van der Waals surface area contributed by atoms with Crippen LogP contribution in [0, 0.1) is 16.0 Å². The summed E-state index contributed by atoms with van der Waals surface area (Å²) in [5, 5.41) is 23.6. The molecule has 0 unspecified atom stereocenters. The summed E-state index contributed by atoms with van der Waals surface area (Å²) in [4.78, 5) is 24.1. The van der Waals surface area contributed by atoms with Gasteiger partial charge in [-0.2, -0.15) is 0 Å². The van der Waals surface area contributed by atoms with Gasteiger partial charge in [-0.25, -0.2) is 0 Å². The number of piperidine rings is 1. The van der Waals surface area contributed by atoms with Gasteiger partial charge in [-0.15, -0.1) is 0 Å². The molecule has 2 rings (SSSR count). The Bertz CT molecular complexity index is 554. The molecule has 1 aliphatic heterocycles.